The molecule has 2 rings (SSSR count). The van der Waals surface area contributed by atoms with Crippen LogP contribution in [-0.4, -0.2) is 21.9 Å². The first-order valence-corrected chi connectivity index (χ1v) is 6.55. The molecule has 6 heteroatoms. The van der Waals surface area contributed by atoms with E-state index >= 15 is 0 Å². The molecule has 1 aromatic heterocycles. The Hall–Kier alpha value is -0.950. The van der Waals surface area contributed by atoms with Crippen LogP contribution in [0.5, 0.6) is 5.75 Å². The molecule has 0 aliphatic carbocycles. The number of nitrogens with two attached hydrogens (primary N) is 1. The molecule has 86 valence electrons. The highest BCUT2D eigenvalue weighted by Gasteiger charge is 2.03. The zero-order valence-electron chi connectivity index (χ0n) is 8.34. The van der Waals surface area contributed by atoms with Crippen LogP contribution in [0.15, 0.2) is 28.5 Å². The maximum atomic E-state index is 10.8. The smallest absolute Gasteiger partial charge is 0.120 e. The number of hydrogen-bond donors (Lipinski definition) is 1. The highest BCUT2D eigenvalue weighted by Crippen LogP contribution is 2.30. The maximum Gasteiger partial charge on any atom is 0.120 e. The average Bonchev–Trinajstić information content (AvgIpc) is 2.69. The standard InChI is InChI=1S/C10H11NO3S2/c11-3-4-14-8-1-2-9-7(5-8)6-10(15-9)16(12)13/h1-2,5-6H,3-4,11H2,(H,12,13)/p-1. The van der Waals surface area contributed by atoms with Gasteiger partial charge in [-0.2, -0.15) is 0 Å². The van der Waals surface area contributed by atoms with Gasteiger partial charge in [0.15, 0.2) is 0 Å². The van der Waals surface area contributed by atoms with E-state index in [-0.39, 0.29) is 0 Å². The van der Waals surface area contributed by atoms with Gasteiger partial charge in [0.1, 0.15) is 12.4 Å². The summed E-state index contributed by atoms with van der Waals surface area (Å²) in [5.74, 6) is 0.707. The molecule has 0 saturated carbocycles. The van der Waals surface area contributed by atoms with E-state index in [1.165, 1.54) is 11.3 Å². The zero-order valence-corrected chi connectivity index (χ0v) is 9.98. The van der Waals surface area contributed by atoms with Gasteiger partial charge in [-0.25, -0.2) is 0 Å². The minimum Gasteiger partial charge on any atom is -0.768 e. The molecule has 2 N–H and O–H groups in total. The second-order valence-corrected chi connectivity index (χ2v) is 5.39. The van der Waals surface area contributed by atoms with E-state index in [1.54, 1.807) is 6.07 Å². The molecule has 0 bridgehead atoms. The summed E-state index contributed by atoms with van der Waals surface area (Å²) in [6, 6.07) is 7.12. The van der Waals surface area contributed by atoms with Gasteiger partial charge >= 0.3 is 0 Å². The van der Waals surface area contributed by atoms with Gasteiger partial charge < -0.3 is 15.0 Å². The number of ether oxygens (including phenoxy) is 1. The lowest BCUT2D eigenvalue weighted by Gasteiger charge is -2.03. The summed E-state index contributed by atoms with van der Waals surface area (Å²) in [4.78, 5) is 0. The minimum absolute atomic E-state index is 0.339. The molecule has 0 aliphatic rings. The van der Waals surface area contributed by atoms with Crippen molar-refractivity contribution in [2.24, 2.45) is 5.73 Å². The maximum absolute atomic E-state index is 10.8. The fourth-order valence-corrected chi connectivity index (χ4v) is 2.88. The predicted molar refractivity (Wildman–Crippen MR) is 63.6 cm³/mol. The van der Waals surface area contributed by atoms with E-state index < -0.39 is 11.1 Å². The van der Waals surface area contributed by atoms with Crippen molar-refractivity contribution < 1.29 is 13.5 Å². The van der Waals surface area contributed by atoms with Crippen LogP contribution in [0.3, 0.4) is 0 Å². The van der Waals surface area contributed by atoms with Gasteiger partial charge in [-0.3, -0.25) is 4.21 Å². The van der Waals surface area contributed by atoms with Crippen LogP contribution in [0.25, 0.3) is 10.1 Å². The quantitative estimate of drug-likeness (QED) is 0.841. The van der Waals surface area contributed by atoms with Crippen molar-refractivity contribution in [3.05, 3.63) is 24.3 Å². The van der Waals surface area contributed by atoms with Crippen molar-refractivity contribution in [1.82, 2.24) is 0 Å². The van der Waals surface area contributed by atoms with Crippen LogP contribution in [0.4, 0.5) is 0 Å². The van der Waals surface area contributed by atoms with Gasteiger partial charge in [0.05, 0.1) is 4.21 Å². The number of thiophene rings is 1. The van der Waals surface area contributed by atoms with E-state index in [1.807, 2.05) is 18.2 Å². The van der Waals surface area contributed by atoms with E-state index in [2.05, 4.69) is 0 Å². The summed E-state index contributed by atoms with van der Waals surface area (Å²) in [6.45, 7) is 0.910. The first-order valence-electron chi connectivity index (χ1n) is 4.66. The van der Waals surface area contributed by atoms with Crippen molar-refractivity contribution in [1.29, 1.82) is 0 Å². The van der Waals surface area contributed by atoms with Crippen molar-refractivity contribution in [3.63, 3.8) is 0 Å². The highest BCUT2D eigenvalue weighted by molar-refractivity contribution is 7.82. The van der Waals surface area contributed by atoms with Crippen molar-refractivity contribution in [3.8, 4) is 5.75 Å². The van der Waals surface area contributed by atoms with Crippen LogP contribution >= 0.6 is 11.3 Å². The van der Waals surface area contributed by atoms with Crippen LogP contribution in [0.1, 0.15) is 0 Å². The number of fused-ring (bicyclic) bond motifs is 1. The van der Waals surface area contributed by atoms with Crippen LogP contribution in [-0.2, 0) is 11.1 Å². The Kier molecular flexibility index (Phi) is 3.55. The Bertz CT molecular complexity index is 524. The van der Waals surface area contributed by atoms with E-state index in [4.69, 9.17) is 10.5 Å². The molecular formula is C10H10NO3S2-. The van der Waals surface area contributed by atoms with Gasteiger partial charge in [0, 0.05) is 11.2 Å². The highest BCUT2D eigenvalue weighted by atomic mass is 32.2. The van der Waals surface area contributed by atoms with Crippen molar-refractivity contribution in [2.75, 3.05) is 13.2 Å². The largest absolute Gasteiger partial charge is 0.768 e. The average molecular weight is 256 g/mol. The first-order chi connectivity index (χ1) is 7.70. The Morgan fingerprint density at radius 3 is 2.94 bits per heavy atom. The fourth-order valence-electron chi connectivity index (χ4n) is 1.35. The van der Waals surface area contributed by atoms with Gasteiger partial charge in [0.2, 0.25) is 0 Å². The summed E-state index contributed by atoms with van der Waals surface area (Å²) in [7, 11) is 0. The monoisotopic (exact) mass is 256 g/mol. The number of benzene rings is 1. The van der Waals surface area contributed by atoms with Crippen molar-refractivity contribution in [2.45, 2.75) is 4.21 Å². The molecule has 4 nitrogen and oxygen atoms in total. The van der Waals surface area contributed by atoms with Crippen LogP contribution in [0, 0.1) is 0 Å². The minimum atomic E-state index is -2.17. The second-order valence-electron chi connectivity index (χ2n) is 3.14. The summed E-state index contributed by atoms with van der Waals surface area (Å²) < 4.78 is 28.2. The first kappa shape index (κ1) is 11.5. The van der Waals surface area contributed by atoms with Crippen molar-refractivity contribution >= 4 is 32.5 Å². The Morgan fingerprint density at radius 2 is 2.25 bits per heavy atom. The van der Waals surface area contributed by atoms with E-state index in [0.29, 0.717) is 23.1 Å². The van der Waals surface area contributed by atoms with E-state index in [0.717, 1.165) is 10.1 Å². The lowest BCUT2D eigenvalue weighted by molar-refractivity contribution is 0.329. The Labute approximate surface area is 99.3 Å². The zero-order chi connectivity index (χ0) is 11.5. The van der Waals surface area contributed by atoms with Gasteiger partial charge in [-0.05, 0) is 40.7 Å². The van der Waals surface area contributed by atoms with Crippen LogP contribution < -0.4 is 10.5 Å². The SMILES string of the molecule is NCCOc1ccc2sc(S(=O)[O-])cc2c1. The molecule has 0 fully saturated rings. The molecule has 0 radical (unpaired) electrons. The third-order valence-electron chi connectivity index (χ3n) is 2.02. The molecule has 2 aromatic rings. The molecule has 1 heterocycles. The second kappa shape index (κ2) is 4.92. The molecule has 0 amide bonds. The van der Waals surface area contributed by atoms with E-state index in [9.17, 15) is 8.76 Å². The Balaban J connectivity index is 2.34. The summed E-state index contributed by atoms with van der Waals surface area (Å²) in [5, 5.41) is 0.874. The number of rotatable bonds is 4. The molecule has 0 saturated heterocycles. The summed E-state index contributed by atoms with van der Waals surface area (Å²) in [6.07, 6.45) is 0. The molecule has 1 aromatic carbocycles. The fraction of sp³-hybridized carbons (Fsp3) is 0.200. The lowest BCUT2D eigenvalue weighted by Crippen LogP contribution is -2.10. The van der Waals surface area contributed by atoms with Gasteiger partial charge in [-0.1, -0.05) is 0 Å². The molecule has 1 unspecified atom stereocenters. The predicted octanol–water partition coefficient (Wildman–Crippen LogP) is 1.48. The van der Waals surface area contributed by atoms with Crippen LogP contribution in [0.2, 0.25) is 0 Å². The molecule has 16 heavy (non-hydrogen) atoms. The summed E-state index contributed by atoms with van der Waals surface area (Å²) in [5.41, 5.74) is 5.33. The molecule has 0 aliphatic heterocycles. The molecule has 1 atom stereocenters. The summed E-state index contributed by atoms with van der Waals surface area (Å²) >= 11 is -0.921. The molecular weight excluding hydrogens is 246 g/mol. The van der Waals surface area contributed by atoms with Gasteiger partial charge in [0.25, 0.3) is 0 Å². The third kappa shape index (κ3) is 2.41. The van der Waals surface area contributed by atoms with Gasteiger partial charge in [-0.15, -0.1) is 11.3 Å². The normalized spacial score (nSPS) is 12.9. The Morgan fingerprint density at radius 1 is 1.44 bits per heavy atom. The third-order valence-corrected chi connectivity index (χ3v) is 4.03. The number of hydrogen-bond acceptors (Lipinski definition) is 5. The molecule has 0 spiro atoms. The topological polar surface area (TPSA) is 75.4 Å². The lowest BCUT2D eigenvalue weighted by atomic mass is 10.2.